The van der Waals surface area contributed by atoms with Crippen molar-refractivity contribution >= 4 is 29.0 Å². The van der Waals surface area contributed by atoms with Gasteiger partial charge in [-0.05, 0) is 24.9 Å². The third-order valence-electron chi connectivity index (χ3n) is 2.84. The zero-order valence-corrected chi connectivity index (χ0v) is 11.9. The van der Waals surface area contributed by atoms with E-state index in [1.54, 1.807) is 6.20 Å². The van der Waals surface area contributed by atoms with Gasteiger partial charge in [0.05, 0.1) is 6.20 Å². The average molecular weight is 280 g/mol. The minimum Gasteiger partial charge on any atom is -0.367 e. The summed E-state index contributed by atoms with van der Waals surface area (Å²) < 4.78 is 1.90. The zero-order valence-electron chi connectivity index (χ0n) is 11.1. The van der Waals surface area contributed by atoms with E-state index in [1.807, 2.05) is 28.6 Å². The molecule has 0 unspecified atom stereocenters. The Morgan fingerprint density at radius 1 is 1.37 bits per heavy atom. The third-order valence-corrected chi connectivity index (χ3v) is 3.54. The van der Waals surface area contributed by atoms with Crippen molar-refractivity contribution in [2.45, 2.75) is 19.3 Å². The quantitative estimate of drug-likeness (QED) is 0.390. The highest BCUT2D eigenvalue weighted by molar-refractivity contribution is 7.98. The Labute approximate surface area is 117 Å². The number of nitrogens with two attached hydrogens (primary N) is 1. The largest absolute Gasteiger partial charge is 0.367 e. The smallest absolute Gasteiger partial charge is 0.180 e. The number of fused-ring (bicyclic) bond motifs is 1. The SMILES string of the molecule is CSCCCCCNc1nc(NN)cn2ccnc12. The number of hydrogen-bond donors (Lipinski definition) is 3. The van der Waals surface area contributed by atoms with E-state index in [4.69, 9.17) is 5.84 Å². The fourth-order valence-electron chi connectivity index (χ4n) is 1.87. The molecule has 0 aliphatic carbocycles. The van der Waals surface area contributed by atoms with E-state index in [9.17, 15) is 0 Å². The van der Waals surface area contributed by atoms with Gasteiger partial charge in [0.15, 0.2) is 17.3 Å². The molecule has 2 rings (SSSR count). The summed E-state index contributed by atoms with van der Waals surface area (Å²) in [5.41, 5.74) is 3.39. The van der Waals surface area contributed by atoms with E-state index in [0.29, 0.717) is 5.82 Å². The summed E-state index contributed by atoms with van der Waals surface area (Å²) in [4.78, 5) is 8.68. The summed E-state index contributed by atoms with van der Waals surface area (Å²) in [6.45, 7) is 0.901. The van der Waals surface area contributed by atoms with Gasteiger partial charge in [-0.2, -0.15) is 11.8 Å². The highest BCUT2D eigenvalue weighted by Crippen LogP contribution is 2.15. The van der Waals surface area contributed by atoms with Gasteiger partial charge in [-0.25, -0.2) is 15.8 Å². The van der Waals surface area contributed by atoms with Crippen molar-refractivity contribution in [3.05, 3.63) is 18.6 Å². The summed E-state index contributed by atoms with van der Waals surface area (Å²) in [6.07, 6.45) is 11.2. The molecule has 104 valence electrons. The first kappa shape index (κ1) is 14.0. The maximum absolute atomic E-state index is 5.41. The van der Waals surface area contributed by atoms with Gasteiger partial charge in [-0.3, -0.25) is 0 Å². The molecule has 0 atom stereocenters. The average Bonchev–Trinajstić information content (AvgIpc) is 2.90. The molecule has 6 nitrogen and oxygen atoms in total. The van der Waals surface area contributed by atoms with Crippen molar-refractivity contribution in [2.75, 3.05) is 29.3 Å². The van der Waals surface area contributed by atoms with Crippen molar-refractivity contribution in [1.29, 1.82) is 0 Å². The molecule has 0 saturated heterocycles. The molecule has 4 N–H and O–H groups in total. The Balaban J connectivity index is 1.93. The molecule has 0 spiro atoms. The van der Waals surface area contributed by atoms with Gasteiger partial charge in [0.1, 0.15) is 0 Å². The topological polar surface area (TPSA) is 80.3 Å². The Hall–Kier alpha value is -1.47. The molecule has 2 heterocycles. The third kappa shape index (κ3) is 3.74. The lowest BCUT2D eigenvalue weighted by Crippen LogP contribution is -2.12. The number of nitrogens with zero attached hydrogens (tertiary/aromatic N) is 3. The Bertz CT molecular complexity index is 512. The van der Waals surface area contributed by atoms with Gasteiger partial charge in [0.25, 0.3) is 0 Å². The number of hydrazine groups is 1. The van der Waals surface area contributed by atoms with Crippen LogP contribution in [0.5, 0.6) is 0 Å². The number of hydrogen-bond acceptors (Lipinski definition) is 6. The lowest BCUT2D eigenvalue weighted by atomic mass is 10.2. The van der Waals surface area contributed by atoms with Crippen LogP contribution in [0.25, 0.3) is 5.65 Å². The molecule has 19 heavy (non-hydrogen) atoms. The Kier molecular flexibility index (Phi) is 5.29. The van der Waals surface area contributed by atoms with Crippen molar-refractivity contribution in [1.82, 2.24) is 14.4 Å². The molecule has 2 aromatic heterocycles. The van der Waals surface area contributed by atoms with Crippen molar-refractivity contribution in [2.24, 2.45) is 5.84 Å². The zero-order chi connectivity index (χ0) is 13.5. The van der Waals surface area contributed by atoms with Gasteiger partial charge in [-0.15, -0.1) is 0 Å². The van der Waals surface area contributed by atoms with Crippen molar-refractivity contribution in [3.8, 4) is 0 Å². The van der Waals surface area contributed by atoms with E-state index in [-0.39, 0.29) is 0 Å². The fourth-order valence-corrected chi connectivity index (χ4v) is 2.37. The number of anilines is 2. The Morgan fingerprint density at radius 2 is 2.26 bits per heavy atom. The van der Waals surface area contributed by atoms with Gasteiger partial charge >= 0.3 is 0 Å². The predicted molar refractivity (Wildman–Crippen MR) is 81.5 cm³/mol. The maximum Gasteiger partial charge on any atom is 0.180 e. The standard InChI is InChI=1S/C12H20N6S/c1-19-8-4-2-3-5-14-11-12-15-6-7-18(12)9-10(16-11)17-13/h6-7,9,17H,2-5,8,13H2,1H3,(H,14,16). The fraction of sp³-hybridized carbons (Fsp3) is 0.500. The van der Waals surface area contributed by atoms with E-state index in [2.05, 4.69) is 27.0 Å². The monoisotopic (exact) mass is 280 g/mol. The maximum atomic E-state index is 5.41. The second-order valence-corrected chi connectivity index (χ2v) is 5.24. The lowest BCUT2D eigenvalue weighted by Gasteiger charge is -2.09. The molecule has 0 fully saturated rings. The number of nitrogen functional groups attached to an aromatic ring is 1. The van der Waals surface area contributed by atoms with Crippen LogP contribution in [-0.2, 0) is 0 Å². The highest BCUT2D eigenvalue weighted by atomic mass is 32.2. The first-order valence-corrected chi connectivity index (χ1v) is 7.77. The summed E-state index contributed by atoms with van der Waals surface area (Å²) in [5.74, 6) is 8.03. The number of imidazole rings is 1. The summed E-state index contributed by atoms with van der Waals surface area (Å²) in [5, 5.41) is 3.33. The molecule has 0 radical (unpaired) electrons. The van der Waals surface area contributed by atoms with Crippen LogP contribution in [0.15, 0.2) is 18.6 Å². The molecule has 0 aliphatic rings. The molecule has 0 saturated carbocycles. The molecule has 0 aliphatic heterocycles. The number of nitrogens with one attached hydrogen (secondary N) is 2. The van der Waals surface area contributed by atoms with E-state index >= 15 is 0 Å². The number of aromatic nitrogens is 3. The van der Waals surface area contributed by atoms with Crippen LogP contribution < -0.4 is 16.6 Å². The van der Waals surface area contributed by atoms with Crippen LogP contribution in [0, 0.1) is 0 Å². The molecular weight excluding hydrogens is 260 g/mol. The number of rotatable bonds is 8. The molecule has 0 bridgehead atoms. The summed E-state index contributed by atoms with van der Waals surface area (Å²) in [6, 6.07) is 0. The van der Waals surface area contributed by atoms with Crippen LogP contribution in [0.2, 0.25) is 0 Å². The van der Waals surface area contributed by atoms with Crippen molar-refractivity contribution in [3.63, 3.8) is 0 Å². The molecule has 0 aromatic carbocycles. The number of unbranched alkanes of at least 4 members (excludes halogenated alkanes) is 2. The molecule has 7 heteroatoms. The minimum atomic E-state index is 0.621. The molecular formula is C12H20N6S. The van der Waals surface area contributed by atoms with Gasteiger partial charge in [0, 0.05) is 18.9 Å². The summed E-state index contributed by atoms with van der Waals surface area (Å²) >= 11 is 1.90. The van der Waals surface area contributed by atoms with Crippen LogP contribution in [0.3, 0.4) is 0 Å². The van der Waals surface area contributed by atoms with Gasteiger partial charge in [-0.1, -0.05) is 6.42 Å². The predicted octanol–water partition coefficient (Wildman–Crippen LogP) is 1.96. The van der Waals surface area contributed by atoms with Crippen LogP contribution in [0.4, 0.5) is 11.6 Å². The van der Waals surface area contributed by atoms with Crippen molar-refractivity contribution < 1.29 is 0 Å². The first-order valence-electron chi connectivity index (χ1n) is 6.38. The summed E-state index contributed by atoms with van der Waals surface area (Å²) in [7, 11) is 0. The number of thioether (sulfide) groups is 1. The van der Waals surface area contributed by atoms with E-state index < -0.39 is 0 Å². The first-order chi connectivity index (χ1) is 9.35. The van der Waals surface area contributed by atoms with Crippen LogP contribution in [-0.4, -0.2) is 32.9 Å². The van der Waals surface area contributed by atoms with Crippen LogP contribution in [0.1, 0.15) is 19.3 Å². The lowest BCUT2D eigenvalue weighted by molar-refractivity contribution is 0.748. The molecule has 0 amide bonds. The Morgan fingerprint density at radius 3 is 3.05 bits per heavy atom. The van der Waals surface area contributed by atoms with Gasteiger partial charge < -0.3 is 15.1 Å². The van der Waals surface area contributed by atoms with E-state index in [1.165, 1.54) is 18.6 Å². The van der Waals surface area contributed by atoms with Crippen LogP contribution >= 0.6 is 11.8 Å². The second kappa shape index (κ2) is 7.20. The highest BCUT2D eigenvalue weighted by Gasteiger charge is 2.06. The van der Waals surface area contributed by atoms with E-state index in [0.717, 1.165) is 24.4 Å². The second-order valence-electron chi connectivity index (χ2n) is 4.26. The molecule has 2 aromatic rings. The normalized spacial score (nSPS) is 10.8. The van der Waals surface area contributed by atoms with Gasteiger partial charge in [0.2, 0.25) is 0 Å². The minimum absolute atomic E-state index is 0.621.